The third-order valence-electron chi connectivity index (χ3n) is 4.22. The molecule has 3 heterocycles. The van der Waals surface area contributed by atoms with Gasteiger partial charge >= 0.3 is 0 Å². The molecule has 2 fully saturated rings. The average Bonchev–Trinajstić information content (AvgIpc) is 2.81. The van der Waals surface area contributed by atoms with Gasteiger partial charge in [0.05, 0.1) is 0 Å². The first-order valence-corrected chi connectivity index (χ1v) is 7.23. The number of nitrogens with zero attached hydrogens (tertiary/aromatic N) is 2. The fourth-order valence-corrected chi connectivity index (χ4v) is 3.13. The summed E-state index contributed by atoms with van der Waals surface area (Å²) in [6, 6.07) is 2.20. The number of piperidine rings is 1. The molecule has 1 aromatic heterocycles. The van der Waals surface area contributed by atoms with Crippen molar-refractivity contribution in [3.05, 3.63) is 22.2 Å². The highest BCUT2D eigenvalue weighted by Crippen LogP contribution is 2.27. The largest absolute Gasteiger partial charge is 0.354 e. The van der Waals surface area contributed by atoms with Crippen LogP contribution in [0, 0.1) is 5.92 Å². The van der Waals surface area contributed by atoms with Crippen molar-refractivity contribution in [2.45, 2.75) is 38.6 Å². The van der Waals surface area contributed by atoms with E-state index in [2.05, 4.69) is 20.2 Å². The summed E-state index contributed by atoms with van der Waals surface area (Å²) in [5.74, 6) is 2.57. The fourth-order valence-electron chi connectivity index (χ4n) is 3.13. The maximum atomic E-state index is 11.7. The van der Waals surface area contributed by atoms with Gasteiger partial charge < -0.3 is 15.2 Å². The van der Waals surface area contributed by atoms with Crippen LogP contribution >= 0.6 is 0 Å². The van der Waals surface area contributed by atoms with Gasteiger partial charge in [0.15, 0.2) is 0 Å². The van der Waals surface area contributed by atoms with E-state index in [0.717, 1.165) is 31.3 Å². The normalized spacial score (nSPS) is 26.8. The lowest BCUT2D eigenvalue weighted by atomic mass is 9.94. The van der Waals surface area contributed by atoms with Crippen molar-refractivity contribution in [1.82, 2.24) is 15.3 Å². The maximum Gasteiger partial charge on any atom is 0.252 e. The molecule has 3 rings (SSSR count). The van der Waals surface area contributed by atoms with Crippen LogP contribution < -0.4 is 15.8 Å². The van der Waals surface area contributed by atoms with Gasteiger partial charge in [-0.25, -0.2) is 4.98 Å². The van der Waals surface area contributed by atoms with Gasteiger partial charge in [-0.05, 0) is 25.3 Å². The zero-order valence-corrected chi connectivity index (χ0v) is 11.6. The van der Waals surface area contributed by atoms with Gasteiger partial charge in [-0.15, -0.1) is 0 Å². The first-order valence-electron chi connectivity index (χ1n) is 7.23. The molecular formula is C14H22N4O. The quantitative estimate of drug-likeness (QED) is 0.837. The monoisotopic (exact) mass is 262 g/mol. The van der Waals surface area contributed by atoms with E-state index in [1.165, 1.54) is 12.8 Å². The van der Waals surface area contributed by atoms with Gasteiger partial charge in [0.1, 0.15) is 11.6 Å². The molecule has 2 saturated heterocycles. The molecule has 5 heteroatoms. The van der Waals surface area contributed by atoms with E-state index in [-0.39, 0.29) is 11.5 Å². The van der Waals surface area contributed by atoms with Crippen molar-refractivity contribution in [3.8, 4) is 0 Å². The number of aromatic nitrogens is 2. The predicted molar refractivity (Wildman–Crippen MR) is 75.7 cm³/mol. The zero-order chi connectivity index (χ0) is 13.4. The predicted octanol–water partition coefficient (Wildman–Crippen LogP) is 1.08. The van der Waals surface area contributed by atoms with E-state index < -0.39 is 0 Å². The molecule has 0 spiro atoms. The standard InChI is InChI=1S/C14H22N4O/c1-9(2)14-16-12(6-13(19)17-14)18-7-10-4-3-5-15-11(10)8-18/h6,9-11,15H,3-5,7-8H2,1-2H3,(H,16,17,19). The highest BCUT2D eigenvalue weighted by atomic mass is 16.1. The van der Waals surface area contributed by atoms with Gasteiger partial charge in [0, 0.05) is 31.1 Å². The molecule has 104 valence electrons. The lowest BCUT2D eigenvalue weighted by Crippen LogP contribution is -2.40. The summed E-state index contributed by atoms with van der Waals surface area (Å²) < 4.78 is 0. The third kappa shape index (κ3) is 2.52. The number of nitrogens with one attached hydrogen (secondary N) is 2. The van der Waals surface area contributed by atoms with E-state index in [0.29, 0.717) is 12.0 Å². The van der Waals surface area contributed by atoms with Gasteiger partial charge in [-0.2, -0.15) is 0 Å². The number of hydrogen-bond donors (Lipinski definition) is 2. The van der Waals surface area contributed by atoms with E-state index in [1.54, 1.807) is 6.07 Å². The lowest BCUT2D eigenvalue weighted by molar-refractivity contribution is 0.340. The summed E-state index contributed by atoms with van der Waals surface area (Å²) in [7, 11) is 0. The second-order valence-corrected chi connectivity index (χ2v) is 6.01. The molecule has 19 heavy (non-hydrogen) atoms. The molecule has 2 aliphatic heterocycles. The Hall–Kier alpha value is -1.36. The highest BCUT2D eigenvalue weighted by molar-refractivity contribution is 5.40. The Morgan fingerprint density at radius 3 is 3.00 bits per heavy atom. The Kier molecular flexibility index (Phi) is 3.31. The van der Waals surface area contributed by atoms with E-state index in [9.17, 15) is 4.79 Å². The number of aromatic amines is 1. The minimum absolute atomic E-state index is 0.0449. The fraction of sp³-hybridized carbons (Fsp3) is 0.714. The summed E-state index contributed by atoms with van der Waals surface area (Å²) >= 11 is 0. The number of H-pyrrole nitrogens is 1. The molecule has 5 nitrogen and oxygen atoms in total. The molecule has 0 aromatic carbocycles. The first kappa shape index (κ1) is 12.7. The van der Waals surface area contributed by atoms with Crippen molar-refractivity contribution in [1.29, 1.82) is 0 Å². The number of fused-ring (bicyclic) bond motifs is 1. The average molecular weight is 262 g/mol. The van der Waals surface area contributed by atoms with E-state index in [1.807, 2.05) is 13.8 Å². The van der Waals surface area contributed by atoms with Crippen LogP contribution in [0.1, 0.15) is 38.4 Å². The summed E-state index contributed by atoms with van der Waals surface area (Å²) in [6.07, 6.45) is 2.55. The zero-order valence-electron chi connectivity index (χ0n) is 11.6. The Balaban J connectivity index is 1.84. The molecule has 0 radical (unpaired) electrons. The molecule has 2 aliphatic rings. The van der Waals surface area contributed by atoms with Crippen LogP contribution in [0.4, 0.5) is 5.82 Å². The van der Waals surface area contributed by atoms with Crippen LogP contribution in [0.2, 0.25) is 0 Å². The van der Waals surface area contributed by atoms with E-state index >= 15 is 0 Å². The van der Waals surface area contributed by atoms with Crippen LogP contribution in [0.15, 0.2) is 10.9 Å². The van der Waals surface area contributed by atoms with Crippen molar-refractivity contribution >= 4 is 5.82 Å². The minimum Gasteiger partial charge on any atom is -0.354 e. The van der Waals surface area contributed by atoms with Gasteiger partial charge in [-0.3, -0.25) is 4.79 Å². The summed E-state index contributed by atoms with van der Waals surface area (Å²) in [5, 5.41) is 3.58. The molecule has 2 atom stereocenters. The number of rotatable bonds is 2. The Bertz CT molecular complexity index is 496. The molecular weight excluding hydrogens is 240 g/mol. The van der Waals surface area contributed by atoms with Gasteiger partial charge in [0.25, 0.3) is 5.56 Å². The van der Waals surface area contributed by atoms with Crippen molar-refractivity contribution < 1.29 is 0 Å². The lowest BCUT2D eigenvalue weighted by Gasteiger charge is -2.24. The number of anilines is 1. The first-order chi connectivity index (χ1) is 9.13. The Morgan fingerprint density at radius 2 is 2.26 bits per heavy atom. The second-order valence-electron chi connectivity index (χ2n) is 6.01. The minimum atomic E-state index is -0.0449. The van der Waals surface area contributed by atoms with Crippen LogP contribution in [-0.4, -0.2) is 35.6 Å². The molecule has 2 N–H and O–H groups in total. The summed E-state index contributed by atoms with van der Waals surface area (Å²) in [4.78, 5) is 21.4. The summed E-state index contributed by atoms with van der Waals surface area (Å²) in [6.45, 7) is 7.21. The van der Waals surface area contributed by atoms with Crippen molar-refractivity contribution in [2.24, 2.45) is 5.92 Å². The molecule has 0 saturated carbocycles. The van der Waals surface area contributed by atoms with Crippen LogP contribution in [-0.2, 0) is 0 Å². The molecule has 0 bridgehead atoms. The maximum absolute atomic E-state index is 11.7. The van der Waals surface area contributed by atoms with Crippen LogP contribution in [0.5, 0.6) is 0 Å². The SMILES string of the molecule is CC(C)c1nc(N2CC3CCCNC3C2)cc(=O)[nH]1. The van der Waals surface area contributed by atoms with Crippen LogP contribution in [0.3, 0.4) is 0 Å². The van der Waals surface area contributed by atoms with Gasteiger partial charge in [-0.1, -0.05) is 13.8 Å². The van der Waals surface area contributed by atoms with Crippen molar-refractivity contribution in [2.75, 3.05) is 24.5 Å². The van der Waals surface area contributed by atoms with E-state index in [4.69, 9.17) is 0 Å². The highest BCUT2D eigenvalue weighted by Gasteiger charge is 2.34. The second kappa shape index (κ2) is 4.96. The van der Waals surface area contributed by atoms with Crippen LogP contribution in [0.25, 0.3) is 0 Å². The molecule has 2 unspecified atom stereocenters. The third-order valence-corrected chi connectivity index (χ3v) is 4.22. The van der Waals surface area contributed by atoms with Crippen molar-refractivity contribution in [3.63, 3.8) is 0 Å². The molecule has 1 aromatic rings. The number of hydrogen-bond acceptors (Lipinski definition) is 4. The smallest absolute Gasteiger partial charge is 0.252 e. The summed E-state index contributed by atoms with van der Waals surface area (Å²) in [5.41, 5.74) is -0.0449. The molecule has 0 amide bonds. The topological polar surface area (TPSA) is 61.0 Å². The Morgan fingerprint density at radius 1 is 1.42 bits per heavy atom. The Labute approximate surface area is 113 Å². The molecule has 0 aliphatic carbocycles. The van der Waals surface area contributed by atoms with Gasteiger partial charge in [0.2, 0.25) is 0 Å².